The summed E-state index contributed by atoms with van der Waals surface area (Å²) in [7, 11) is 0. The monoisotopic (exact) mass is 425 g/mol. The molecule has 0 aliphatic carbocycles. The van der Waals surface area contributed by atoms with E-state index in [1.54, 1.807) is 18.2 Å². The molecule has 3 N–H and O–H groups in total. The minimum absolute atomic E-state index is 0.158. The van der Waals surface area contributed by atoms with Gasteiger partial charge in [-0.2, -0.15) is 0 Å². The van der Waals surface area contributed by atoms with Crippen LogP contribution in [-0.2, 0) is 6.54 Å². The molecule has 27 heavy (non-hydrogen) atoms. The molecule has 2 amide bonds. The highest BCUT2D eigenvalue weighted by molar-refractivity contribution is 9.10. The maximum atomic E-state index is 12.7. The van der Waals surface area contributed by atoms with E-state index in [9.17, 15) is 9.59 Å². The van der Waals surface area contributed by atoms with Crippen molar-refractivity contribution < 1.29 is 9.59 Å². The molecule has 0 aliphatic heterocycles. The topological polar surface area (TPSA) is 77.1 Å². The zero-order valence-electron chi connectivity index (χ0n) is 15.1. The van der Waals surface area contributed by atoms with Crippen LogP contribution in [0.2, 0.25) is 0 Å². The van der Waals surface area contributed by atoms with E-state index in [-0.39, 0.29) is 5.91 Å². The lowest BCUT2D eigenvalue weighted by molar-refractivity contribution is 0.0949. The molecule has 5 nitrogen and oxygen atoms in total. The number of hydrogen-bond donors (Lipinski definition) is 2. The number of benzene rings is 2. The highest BCUT2D eigenvalue weighted by Crippen LogP contribution is 2.23. The number of nitrogens with zero attached hydrogens (tertiary/aromatic N) is 1. The molecule has 0 radical (unpaired) electrons. The van der Waals surface area contributed by atoms with Gasteiger partial charge in [0.15, 0.2) is 0 Å². The van der Waals surface area contributed by atoms with Crippen molar-refractivity contribution in [3.8, 4) is 5.69 Å². The number of primary amides is 1. The molecule has 1 aromatic heterocycles. The molecule has 138 valence electrons. The Kier molecular flexibility index (Phi) is 5.46. The average molecular weight is 426 g/mol. The third-order valence-corrected chi connectivity index (χ3v) is 4.90. The first-order valence-corrected chi connectivity index (χ1v) is 9.28. The minimum atomic E-state index is -0.485. The molecule has 0 unspecified atom stereocenters. The van der Waals surface area contributed by atoms with Crippen molar-refractivity contribution in [2.24, 2.45) is 5.73 Å². The molecule has 3 aromatic rings. The maximum absolute atomic E-state index is 12.7. The smallest absolute Gasteiger partial charge is 0.253 e. The predicted molar refractivity (Wildman–Crippen MR) is 109 cm³/mol. The molecule has 0 bridgehead atoms. The van der Waals surface area contributed by atoms with Crippen LogP contribution in [0.5, 0.6) is 0 Å². The normalized spacial score (nSPS) is 10.6. The molecule has 2 aromatic carbocycles. The zero-order valence-corrected chi connectivity index (χ0v) is 16.7. The third-order valence-electron chi connectivity index (χ3n) is 4.41. The lowest BCUT2D eigenvalue weighted by Gasteiger charge is -2.11. The van der Waals surface area contributed by atoms with Crippen LogP contribution in [0.3, 0.4) is 0 Å². The fourth-order valence-electron chi connectivity index (χ4n) is 3.12. The van der Waals surface area contributed by atoms with Crippen LogP contribution in [0.15, 0.2) is 59.1 Å². The van der Waals surface area contributed by atoms with Gasteiger partial charge in [-0.1, -0.05) is 34.1 Å². The molecule has 0 saturated carbocycles. The number of aryl methyl sites for hydroxylation is 1. The first kappa shape index (κ1) is 18.9. The predicted octanol–water partition coefficient (Wildman–Crippen LogP) is 3.89. The van der Waals surface area contributed by atoms with Gasteiger partial charge in [-0.05, 0) is 55.8 Å². The molecule has 0 fully saturated rings. The molecule has 0 saturated heterocycles. The zero-order chi connectivity index (χ0) is 19.6. The molecular weight excluding hydrogens is 406 g/mol. The highest BCUT2D eigenvalue weighted by Gasteiger charge is 2.16. The van der Waals surface area contributed by atoms with E-state index in [0.717, 1.165) is 27.1 Å². The van der Waals surface area contributed by atoms with E-state index < -0.39 is 5.91 Å². The van der Waals surface area contributed by atoms with Crippen molar-refractivity contribution in [1.82, 2.24) is 9.88 Å². The Hall–Kier alpha value is -2.86. The SMILES string of the molecule is Cc1cc(C(=O)NCc2cccc(C(N)=O)c2)c(C)n1-c1cccc(Br)c1. The fourth-order valence-corrected chi connectivity index (χ4v) is 3.50. The molecule has 3 rings (SSSR count). The van der Waals surface area contributed by atoms with Gasteiger partial charge in [0.2, 0.25) is 5.91 Å². The Bertz CT molecular complexity index is 1020. The summed E-state index contributed by atoms with van der Waals surface area (Å²) in [4.78, 5) is 24.0. The van der Waals surface area contributed by atoms with Gasteiger partial charge >= 0.3 is 0 Å². The van der Waals surface area contributed by atoms with Crippen molar-refractivity contribution >= 4 is 27.7 Å². The molecule has 0 atom stereocenters. The summed E-state index contributed by atoms with van der Waals surface area (Å²) in [6.45, 7) is 4.22. The second-order valence-corrected chi connectivity index (χ2v) is 7.26. The van der Waals surface area contributed by atoms with Crippen LogP contribution in [0.25, 0.3) is 5.69 Å². The van der Waals surface area contributed by atoms with Crippen LogP contribution in [0, 0.1) is 13.8 Å². The third kappa shape index (κ3) is 4.11. The summed E-state index contributed by atoms with van der Waals surface area (Å²) in [6, 6.07) is 16.8. The summed E-state index contributed by atoms with van der Waals surface area (Å²) >= 11 is 3.49. The van der Waals surface area contributed by atoms with Crippen molar-refractivity contribution in [1.29, 1.82) is 0 Å². The van der Waals surface area contributed by atoms with Crippen molar-refractivity contribution in [3.05, 3.63) is 87.1 Å². The van der Waals surface area contributed by atoms with Gasteiger partial charge in [-0.3, -0.25) is 9.59 Å². The molecule has 6 heteroatoms. The number of carbonyl (C=O) groups excluding carboxylic acids is 2. The van der Waals surface area contributed by atoms with E-state index in [1.807, 2.05) is 54.8 Å². The van der Waals surface area contributed by atoms with Crippen molar-refractivity contribution in [3.63, 3.8) is 0 Å². The summed E-state index contributed by atoms with van der Waals surface area (Å²) in [6.07, 6.45) is 0. The summed E-state index contributed by atoms with van der Waals surface area (Å²) in [5, 5.41) is 2.91. The van der Waals surface area contributed by atoms with Crippen molar-refractivity contribution in [2.45, 2.75) is 20.4 Å². The first-order chi connectivity index (χ1) is 12.9. The summed E-state index contributed by atoms with van der Waals surface area (Å²) in [5.74, 6) is -0.644. The van der Waals surface area contributed by atoms with Crippen molar-refractivity contribution in [2.75, 3.05) is 0 Å². The Labute approximate surface area is 166 Å². The molecule has 1 heterocycles. The van der Waals surface area contributed by atoms with E-state index in [1.165, 1.54) is 0 Å². The number of halogens is 1. The number of amides is 2. The van der Waals surface area contributed by atoms with Gasteiger partial charge in [0.25, 0.3) is 5.91 Å². The Morgan fingerprint density at radius 1 is 1.07 bits per heavy atom. The second-order valence-electron chi connectivity index (χ2n) is 6.35. The van der Waals surface area contributed by atoms with Gasteiger partial charge in [0, 0.05) is 33.7 Å². The Morgan fingerprint density at radius 3 is 2.52 bits per heavy atom. The number of rotatable bonds is 5. The van der Waals surface area contributed by atoms with Gasteiger partial charge < -0.3 is 15.6 Å². The maximum Gasteiger partial charge on any atom is 0.253 e. The summed E-state index contributed by atoms with van der Waals surface area (Å²) < 4.78 is 3.03. The first-order valence-electron chi connectivity index (χ1n) is 8.48. The van der Waals surface area contributed by atoms with E-state index in [4.69, 9.17) is 5.73 Å². The molecular formula is C21H20BrN3O2. The number of aromatic nitrogens is 1. The number of nitrogens with two attached hydrogens (primary N) is 1. The van der Waals surface area contributed by atoms with Crippen LogP contribution in [0.4, 0.5) is 0 Å². The Morgan fingerprint density at radius 2 is 1.81 bits per heavy atom. The van der Waals surface area contributed by atoms with Gasteiger partial charge in [-0.25, -0.2) is 0 Å². The van der Waals surface area contributed by atoms with Crippen LogP contribution < -0.4 is 11.1 Å². The van der Waals surface area contributed by atoms with Gasteiger partial charge in [0.05, 0.1) is 5.56 Å². The highest BCUT2D eigenvalue weighted by atomic mass is 79.9. The largest absolute Gasteiger partial charge is 0.366 e. The average Bonchev–Trinajstić information content (AvgIpc) is 2.94. The summed E-state index contributed by atoms with van der Waals surface area (Å²) in [5.41, 5.74) is 10.0. The second kappa shape index (κ2) is 7.80. The Balaban J connectivity index is 1.81. The number of carbonyl (C=O) groups is 2. The lowest BCUT2D eigenvalue weighted by atomic mass is 10.1. The lowest BCUT2D eigenvalue weighted by Crippen LogP contribution is -2.23. The number of nitrogens with one attached hydrogen (secondary N) is 1. The van der Waals surface area contributed by atoms with Gasteiger partial charge in [-0.15, -0.1) is 0 Å². The van der Waals surface area contributed by atoms with Crippen LogP contribution in [0.1, 0.15) is 37.7 Å². The number of hydrogen-bond acceptors (Lipinski definition) is 2. The van der Waals surface area contributed by atoms with Crippen LogP contribution in [-0.4, -0.2) is 16.4 Å². The van der Waals surface area contributed by atoms with Gasteiger partial charge in [0.1, 0.15) is 0 Å². The molecule has 0 spiro atoms. The standard InChI is InChI=1S/C21H20BrN3O2/c1-13-9-19(14(2)25(13)18-8-4-7-17(22)11-18)21(27)24-12-15-5-3-6-16(10-15)20(23)26/h3-11H,12H2,1-2H3,(H2,23,26)(H,24,27). The van der Waals surface area contributed by atoms with E-state index >= 15 is 0 Å². The van der Waals surface area contributed by atoms with E-state index in [2.05, 4.69) is 21.2 Å². The van der Waals surface area contributed by atoms with Crippen LogP contribution >= 0.6 is 15.9 Å². The fraction of sp³-hybridized carbons (Fsp3) is 0.143. The quantitative estimate of drug-likeness (QED) is 0.650. The molecule has 0 aliphatic rings. The minimum Gasteiger partial charge on any atom is -0.366 e. The van der Waals surface area contributed by atoms with E-state index in [0.29, 0.717) is 17.7 Å².